The zero-order valence-electron chi connectivity index (χ0n) is 6.20. The highest BCUT2D eigenvalue weighted by atomic mass is 32.3. The zero-order chi connectivity index (χ0) is 7.94. The Kier molecular flexibility index (Phi) is 1.76. The monoisotopic (exact) mass is 165 g/mol. The molecule has 4 nitrogen and oxygen atoms in total. The summed E-state index contributed by atoms with van der Waals surface area (Å²) in [7, 11) is 0.680. The van der Waals surface area contributed by atoms with Gasteiger partial charge in [-0.1, -0.05) is 0 Å². The maximum absolute atomic E-state index is 10.6. The van der Waals surface area contributed by atoms with E-state index < -0.39 is 10.1 Å². The number of hydrogen-bond acceptors (Lipinski definition) is 3. The molecule has 0 aromatic carbocycles. The molecule has 0 radical (unpaired) electrons. The lowest BCUT2D eigenvalue weighted by molar-refractivity contribution is 0.366. The molecule has 60 valence electrons. The Morgan fingerprint density at radius 2 is 2.10 bits per heavy atom. The van der Waals surface area contributed by atoms with Gasteiger partial charge in [0.1, 0.15) is 0 Å². The largest absolute Gasteiger partial charge is 0.300 e. The van der Waals surface area contributed by atoms with Gasteiger partial charge in [-0.05, 0) is 21.0 Å². The molecule has 0 saturated heterocycles. The van der Waals surface area contributed by atoms with E-state index in [1.54, 1.807) is 0 Å². The zero-order valence-corrected chi connectivity index (χ0v) is 7.01. The van der Waals surface area contributed by atoms with Crippen molar-refractivity contribution in [3.8, 4) is 0 Å². The lowest BCUT2D eigenvalue weighted by Crippen LogP contribution is -2.28. The van der Waals surface area contributed by atoms with E-state index in [2.05, 4.69) is 4.18 Å². The molecule has 2 atom stereocenters. The van der Waals surface area contributed by atoms with Crippen LogP contribution in [0.1, 0.15) is 6.92 Å². The Labute approximate surface area is 60.8 Å². The summed E-state index contributed by atoms with van der Waals surface area (Å²) in [5.74, 6) is 0. The molecule has 0 fully saturated rings. The fourth-order valence-electron chi connectivity index (χ4n) is 0.590. The van der Waals surface area contributed by atoms with E-state index in [4.69, 9.17) is 4.55 Å². The molecule has 5 heteroatoms. The molecule has 0 aromatic rings. The van der Waals surface area contributed by atoms with E-state index in [0.717, 1.165) is 0 Å². The van der Waals surface area contributed by atoms with Gasteiger partial charge < -0.3 is 4.90 Å². The molecule has 2 unspecified atom stereocenters. The van der Waals surface area contributed by atoms with Gasteiger partial charge in [0, 0.05) is 0 Å². The summed E-state index contributed by atoms with van der Waals surface area (Å²) in [4.78, 5) is 1.82. The van der Waals surface area contributed by atoms with Crippen LogP contribution in [0, 0.1) is 0 Å². The van der Waals surface area contributed by atoms with Crippen molar-refractivity contribution in [2.75, 3.05) is 14.1 Å². The summed E-state index contributed by atoms with van der Waals surface area (Å²) < 4.78 is 23.9. The molecule has 0 aliphatic carbocycles. The van der Waals surface area contributed by atoms with Crippen LogP contribution < -0.4 is 0 Å². The molecular weight excluding hydrogens is 154 g/mol. The Bertz CT molecular complexity index is 252. The van der Waals surface area contributed by atoms with Crippen LogP contribution in [0.3, 0.4) is 0 Å². The Morgan fingerprint density at radius 1 is 1.70 bits per heavy atom. The summed E-state index contributed by atoms with van der Waals surface area (Å²) in [6.45, 7) is 1.82. The van der Waals surface area contributed by atoms with Gasteiger partial charge in [-0.15, -0.1) is 0 Å². The van der Waals surface area contributed by atoms with E-state index >= 15 is 0 Å². The predicted molar refractivity (Wildman–Crippen MR) is 40.0 cm³/mol. The average molecular weight is 165 g/mol. The lowest BCUT2D eigenvalue weighted by atomic mass is 10.3. The highest BCUT2D eigenvalue weighted by Gasteiger charge is 2.36. The van der Waals surface area contributed by atoms with Crippen LogP contribution in [-0.4, -0.2) is 38.8 Å². The van der Waals surface area contributed by atoms with Crippen molar-refractivity contribution in [3.63, 3.8) is 0 Å². The van der Waals surface area contributed by atoms with Crippen LogP contribution in [0.25, 0.3) is 0 Å². The van der Waals surface area contributed by atoms with Gasteiger partial charge in [0.05, 0.1) is 6.04 Å². The van der Waals surface area contributed by atoms with Gasteiger partial charge in [0.2, 0.25) is 10.1 Å². The SMILES string of the molecule is CC(C1=S(=O)(O)O1)N(C)C. The number of rotatable bonds is 2. The van der Waals surface area contributed by atoms with Crippen LogP contribution in [0.5, 0.6) is 0 Å². The van der Waals surface area contributed by atoms with E-state index in [1.807, 2.05) is 25.9 Å². The molecule has 0 spiro atoms. The molecule has 10 heavy (non-hydrogen) atoms. The highest BCUT2D eigenvalue weighted by Crippen LogP contribution is 2.17. The number of hydrogen-bond donors (Lipinski definition) is 1. The van der Waals surface area contributed by atoms with Crippen LogP contribution >= 0.6 is 0 Å². The Hall–Kier alpha value is -0.100. The fourth-order valence-corrected chi connectivity index (χ4v) is 1.73. The fraction of sp³-hybridized carbons (Fsp3) is 0.800. The van der Waals surface area contributed by atoms with E-state index in [1.165, 1.54) is 0 Å². The minimum Gasteiger partial charge on any atom is -0.300 e. The standard InChI is InChI=1S/C5H11NO3S/c1-4(6(2)3)5-9-10(5,7)8/h4H,1-3H3,(H,7,8). The van der Waals surface area contributed by atoms with Crippen molar-refractivity contribution in [3.05, 3.63) is 0 Å². The molecule has 0 amide bonds. The van der Waals surface area contributed by atoms with Crippen molar-refractivity contribution in [1.29, 1.82) is 0 Å². The molecule has 1 rings (SSSR count). The maximum atomic E-state index is 10.6. The summed E-state index contributed by atoms with van der Waals surface area (Å²) in [6.07, 6.45) is 0. The van der Waals surface area contributed by atoms with Crippen LogP contribution in [0.4, 0.5) is 0 Å². The summed E-state index contributed by atoms with van der Waals surface area (Å²) in [5.41, 5.74) is 0. The maximum Gasteiger partial charge on any atom is 0.236 e. The van der Waals surface area contributed by atoms with Gasteiger partial charge in [-0.2, -0.15) is 0 Å². The molecule has 0 bridgehead atoms. The first-order valence-corrected chi connectivity index (χ1v) is 4.38. The Balaban J connectivity index is 2.72. The molecule has 1 heterocycles. The first-order valence-electron chi connectivity index (χ1n) is 2.94. The van der Waals surface area contributed by atoms with Crippen molar-refractivity contribution in [2.24, 2.45) is 0 Å². The van der Waals surface area contributed by atoms with Crippen molar-refractivity contribution >= 4 is 15.1 Å². The topological polar surface area (TPSA) is 53.1 Å². The summed E-state index contributed by atoms with van der Waals surface area (Å²) >= 11 is 0. The third kappa shape index (κ3) is 1.32. The smallest absolute Gasteiger partial charge is 0.236 e. The third-order valence-electron chi connectivity index (χ3n) is 1.54. The highest BCUT2D eigenvalue weighted by molar-refractivity contribution is 7.99. The Morgan fingerprint density at radius 3 is 2.20 bits per heavy atom. The van der Waals surface area contributed by atoms with Gasteiger partial charge in [-0.3, -0.25) is 4.55 Å². The second kappa shape index (κ2) is 2.20. The van der Waals surface area contributed by atoms with Crippen molar-refractivity contribution in [2.45, 2.75) is 13.0 Å². The van der Waals surface area contributed by atoms with Crippen LogP contribution in [0.15, 0.2) is 0 Å². The van der Waals surface area contributed by atoms with E-state index in [9.17, 15) is 4.21 Å². The molecule has 1 N–H and O–H groups in total. The minimum atomic E-state index is -2.98. The van der Waals surface area contributed by atoms with Crippen LogP contribution in [-0.2, 0) is 14.3 Å². The number of likely N-dealkylation sites (N-methyl/N-ethyl adjacent to an activating group) is 1. The molecule has 0 aromatic heterocycles. The number of nitrogens with zero attached hydrogens (tertiary/aromatic N) is 1. The predicted octanol–water partition coefficient (Wildman–Crippen LogP) is -0.231. The van der Waals surface area contributed by atoms with E-state index in [0.29, 0.717) is 0 Å². The average Bonchev–Trinajstić information content (AvgIpc) is 2.38. The summed E-state index contributed by atoms with van der Waals surface area (Å²) in [5, 5.41) is 0.289. The van der Waals surface area contributed by atoms with Gasteiger partial charge in [0.15, 0.2) is 5.05 Å². The second-order valence-electron chi connectivity index (χ2n) is 2.52. The van der Waals surface area contributed by atoms with Gasteiger partial charge in [0.25, 0.3) is 0 Å². The first-order chi connectivity index (χ1) is 4.45. The van der Waals surface area contributed by atoms with Crippen molar-refractivity contribution < 1.29 is 12.9 Å². The summed E-state index contributed by atoms with van der Waals surface area (Å²) in [6, 6.07) is -0.0718. The second-order valence-corrected chi connectivity index (χ2v) is 4.04. The molecular formula is C5H11NO3S. The quantitative estimate of drug-likeness (QED) is 0.574. The minimum absolute atomic E-state index is 0.0718. The molecule has 1 aliphatic rings. The lowest BCUT2D eigenvalue weighted by Gasteiger charge is -2.12. The van der Waals surface area contributed by atoms with Crippen molar-refractivity contribution in [1.82, 2.24) is 4.90 Å². The normalized spacial score (nSPS) is 34.7. The molecule has 1 aliphatic heterocycles. The van der Waals surface area contributed by atoms with Gasteiger partial charge >= 0.3 is 0 Å². The van der Waals surface area contributed by atoms with Gasteiger partial charge in [-0.25, -0.2) is 8.39 Å². The first kappa shape index (κ1) is 8.00. The molecule has 0 saturated carbocycles. The third-order valence-corrected chi connectivity index (χ3v) is 2.73. The van der Waals surface area contributed by atoms with Crippen LogP contribution in [0.2, 0.25) is 0 Å². The van der Waals surface area contributed by atoms with E-state index in [-0.39, 0.29) is 11.1 Å².